The van der Waals surface area contributed by atoms with Crippen molar-refractivity contribution in [3.63, 3.8) is 0 Å². The van der Waals surface area contributed by atoms with E-state index in [0.717, 1.165) is 11.3 Å². The second-order valence-electron chi connectivity index (χ2n) is 6.44. The average Bonchev–Trinajstić information content (AvgIpc) is 2.78. The molecule has 2 amide bonds. The molecule has 0 unspecified atom stereocenters. The Morgan fingerprint density at radius 3 is 2.48 bits per heavy atom. The minimum Gasteiger partial charge on any atom is -0.496 e. The molecule has 1 fully saturated rings. The first kappa shape index (κ1) is 20.4. The van der Waals surface area contributed by atoms with Crippen LogP contribution in [0.25, 0.3) is 0 Å². The Bertz CT molecular complexity index is 835. The number of rotatable bonds is 6. The van der Waals surface area contributed by atoms with Gasteiger partial charge < -0.3 is 24.6 Å². The number of piperazine rings is 1. The minimum atomic E-state index is -0.304. The fourth-order valence-electron chi connectivity index (χ4n) is 3.06. The second kappa shape index (κ2) is 9.72. The summed E-state index contributed by atoms with van der Waals surface area (Å²) in [5, 5.41) is 11.1. The highest BCUT2D eigenvalue weighted by molar-refractivity contribution is 5.92. The van der Waals surface area contributed by atoms with E-state index in [2.05, 4.69) is 15.5 Å². The summed E-state index contributed by atoms with van der Waals surface area (Å²) in [5.74, 6) is 1.09. The zero-order valence-corrected chi connectivity index (χ0v) is 16.6. The molecule has 2 aromatic rings. The number of carbonyl (C=O) groups is 2. The van der Waals surface area contributed by atoms with Crippen LogP contribution in [0.3, 0.4) is 0 Å². The third-order valence-corrected chi connectivity index (χ3v) is 4.64. The first-order valence-corrected chi connectivity index (χ1v) is 9.53. The van der Waals surface area contributed by atoms with Gasteiger partial charge in [-0.15, -0.1) is 10.2 Å². The average molecular weight is 399 g/mol. The smallest absolute Gasteiger partial charge is 0.409 e. The van der Waals surface area contributed by atoms with Crippen LogP contribution < -0.4 is 15.0 Å². The van der Waals surface area contributed by atoms with Crippen molar-refractivity contribution < 1.29 is 19.1 Å². The van der Waals surface area contributed by atoms with Crippen LogP contribution in [0.5, 0.6) is 5.75 Å². The molecule has 2 heterocycles. The number of amides is 2. The van der Waals surface area contributed by atoms with Crippen molar-refractivity contribution in [2.24, 2.45) is 0 Å². The number of methoxy groups -OCH3 is 1. The molecule has 1 aromatic heterocycles. The first-order chi connectivity index (χ1) is 14.1. The first-order valence-electron chi connectivity index (χ1n) is 9.53. The largest absolute Gasteiger partial charge is 0.496 e. The Morgan fingerprint density at radius 2 is 1.83 bits per heavy atom. The Labute approximate surface area is 169 Å². The van der Waals surface area contributed by atoms with E-state index >= 15 is 0 Å². The predicted octanol–water partition coefficient (Wildman–Crippen LogP) is 1.69. The van der Waals surface area contributed by atoms with Crippen LogP contribution in [-0.2, 0) is 11.3 Å². The van der Waals surface area contributed by atoms with E-state index in [9.17, 15) is 9.59 Å². The number of anilines is 1. The van der Waals surface area contributed by atoms with E-state index in [1.807, 2.05) is 29.2 Å². The fourth-order valence-corrected chi connectivity index (χ4v) is 3.06. The number of aromatic nitrogens is 2. The second-order valence-corrected chi connectivity index (χ2v) is 6.44. The zero-order chi connectivity index (χ0) is 20.6. The molecule has 154 valence electrons. The summed E-state index contributed by atoms with van der Waals surface area (Å²) >= 11 is 0. The standard InChI is InChI=1S/C20H25N5O4/c1-3-29-20(27)25-12-10-24(11-13-25)18-9-8-16(22-23-18)19(26)21-14-15-6-4-5-7-17(15)28-2/h4-9H,3,10-14H2,1-2H3,(H,21,26). The Morgan fingerprint density at radius 1 is 1.07 bits per heavy atom. The van der Waals surface area contributed by atoms with E-state index < -0.39 is 0 Å². The van der Waals surface area contributed by atoms with Gasteiger partial charge >= 0.3 is 6.09 Å². The van der Waals surface area contributed by atoms with Crippen LogP contribution in [0.2, 0.25) is 0 Å². The van der Waals surface area contributed by atoms with Gasteiger partial charge in [0.05, 0.1) is 13.7 Å². The van der Waals surface area contributed by atoms with Crippen LogP contribution in [0.1, 0.15) is 23.0 Å². The molecule has 0 spiro atoms. The maximum absolute atomic E-state index is 12.4. The molecular weight excluding hydrogens is 374 g/mol. The molecule has 0 radical (unpaired) electrons. The molecule has 1 aliphatic rings. The van der Waals surface area contributed by atoms with Gasteiger partial charge in [-0.05, 0) is 25.1 Å². The van der Waals surface area contributed by atoms with Crippen LogP contribution >= 0.6 is 0 Å². The number of hydrogen-bond acceptors (Lipinski definition) is 7. The summed E-state index contributed by atoms with van der Waals surface area (Å²) in [6.45, 7) is 4.87. The van der Waals surface area contributed by atoms with Crippen LogP contribution in [0.15, 0.2) is 36.4 Å². The maximum atomic E-state index is 12.4. The molecule has 29 heavy (non-hydrogen) atoms. The number of nitrogens with zero attached hydrogens (tertiary/aromatic N) is 4. The lowest BCUT2D eigenvalue weighted by atomic mass is 10.2. The number of ether oxygens (including phenoxy) is 2. The minimum absolute atomic E-state index is 0.244. The molecule has 9 heteroatoms. The lowest BCUT2D eigenvalue weighted by Gasteiger charge is -2.34. The molecule has 1 saturated heterocycles. The molecule has 1 aromatic carbocycles. The lowest BCUT2D eigenvalue weighted by molar-refractivity contribution is 0.0943. The van der Waals surface area contributed by atoms with E-state index in [4.69, 9.17) is 9.47 Å². The van der Waals surface area contributed by atoms with Gasteiger partial charge in [0.15, 0.2) is 11.5 Å². The normalized spacial score (nSPS) is 13.7. The fraction of sp³-hybridized carbons (Fsp3) is 0.400. The third-order valence-electron chi connectivity index (χ3n) is 4.64. The van der Waals surface area contributed by atoms with Crippen molar-refractivity contribution in [3.05, 3.63) is 47.7 Å². The zero-order valence-electron chi connectivity index (χ0n) is 16.6. The summed E-state index contributed by atoms with van der Waals surface area (Å²) in [6.07, 6.45) is -0.291. The van der Waals surface area contributed by atoms with Crippen molar-refractivity contribution in [2.75, 3.05) is 44.8 Å². The third kappa shape index (κ3) is 5.13. The number of para-hydroxylation sites is 1. The van der Waals surface area contributed by atoms with Gasteiger partial charge in [-0.1, -0.05) is 18.2 Å². The van der Waals surface area contributed by atoms with E-state index in [1.54, 1.807) is 31.1 Å². The number of hydrogen-bond donors (Lipinski definition) is 1. The Balaban J connectivity index is 1.53. The highest BCUT2D eigenvalue weighted by atomic mass is 16.6. The summed E-state index contributed by atoms with van der Waals surface area (Å²) in [7, 11) is 1.59. The van der Waals surface area contributed by atoms with E-state index in [1.165, 1.54) is 0 Å². The molecule has 3 rings (SSSR count). The van der Waals surface area contributed by atoms with Gasteiger partial charge in [0, 0.05) is 38.3 Å². The summed E-state index contributed by atoms with van der Waals surface area (Å²) in [4.78, 5) is 27.8. The van der Waals surface area contributed by atoms with Gasteiger partial charge in [0.25, 0.3) is 5.91 Å². The maximum Gasteiger partial charge on any atom is 0.409 e. The molecule has 0 aliphatic carbocycles. The monoisotopic (exact) mass is 399 g/mol. The highest BCUT2D eigenvalue weighted by Crippen LogP contribution is 2.17. The highest BCUT2D eigenvalue weighted by Gasteiger charge is 2.23. The van der Waals surface area contributed by atoms with Gasteiger partial charge in [-0.2, -0.15) is 0 Å². The van der Waals surface area contributed by atoms with Crippen LogP contribution in [-0.4, -0.2) is 67.0 Å². The molecule has 9 nitrogen and oxygen atoms in total. The molecule has 0 bridgehead atoms. The molecule has 1 N–H and O–H groups in total. The SMILES string of the molecule is CCOC(=O)N1CCN(c2ccc(C(=O)NCc3ccccc3OC)nn2)CC1. The van der Waals surface area contributed by atoms with Gasteiger partial charge in [-0.3, -0.25) is 4.79 Å². The van der Waals surface area contributed by atoms with Crippen LogP contribution in [0.4, 0.5) is 10.6 Å². The van der Waals surface area contributed by atoms with Crippen molar-refractivity contribution in [1.29, 1.82) is 0 Å². The number of carbonyl (C=O) groups excluding carboxylic acids is 2. The molecule has 0 saturated carbocycles. The van der Waals surface area contributed by atoms with Crippen molar-refractivity contribution >= 4 is 17.8 Å². The van der Waals surface area contributed by atoms with E-state index in [-0.39, 0.29) is 17.7 Å². The summed E-state index contributed by atoms with van der Waals surface area (Å²) in [6, 6.07) is 10.9. The van der Waals surface area contributed by atoms with Crippen LogP contribution in [0, 0.1) is 0 Å². The number of benzene rings is 1. The van der Waals surface area contributed by atoms with Crippen molar-refractivity contribution in [1.82, 2.24) is 20.4 Å². The lowest BCUT2D eigenvalue weighted by Crippen LogP contribution is -2.49. The quantitative estimate of drug-likeness (QED) is 0.789. The summed E-state index contributed by atoms with van der Waals surface area (Å²) in [5.41, 5.74) is 1.13. The number of nitrogens with one attached hydrogen (secondary N) is 1. The van der Waals surface area contributed by atoms with Crippen molar-refractivity contribution in [2.45, 2.75) is 13.5 Å². The topological polar surface area (TPSA) is 96.9 Å². The van der Waals surface area contributed by atoms with Gasteiger partial charge in [0.1, 0.15) is 5.75 Å². The predicted molar refractivity (Wildman–Crippen MR) is 107 cm³/mol. The van der Waals surface area contributed by atoms with Gasteiger partial charge in [-0.25, -0.2) is 4.79 Å². The molecular formula is C20H25N5O4. The molecule has 0 atom stereocenters. The van der Waals surface area contributed by atoms with E-state index in [0.29, 0.717) is 45.1 Å². The van der Waals surface area contributed by atoms with Gasteiger partial charge in [0.2, 0.25) is 0 Å². The molecule has 1 aliphatic heterocycles. The Kier molecular flexibility index (Phi) is 6.83. The summed E-state index contributed by atoms with van der Waals surface area (Å²) < 4.78 is 10.3. The Hall–Kier alpha value is -3.36. The van der Waals surface area contributed by atoms with Crippen molar-refractivity contribution in [3.8, 4) is 5.75 Å².